The van der Waals surface area contributed by atoms with Crippen molar-refractivity contribution in [3.8, 4) is 0 Å². The highest BCUT2D eigenvalue weighted by Crippen LogP contribution is 2.37. The lowest BCUT2D eigenvalue weighted by molar-refractivity contribution is -0.129. The number of amides is 2. The number of fused-ring (bicyclic) bond motifs is 1. The van der Waals surface area contributed by atoms with Crippen molar-refractivity contribution in [3.63, 3.8) is 0 Å². The molecule has 1 N–H and O–H groups in total. The smallest absolute Gasteiger partial charge is 0.235 e. The minimum absolute atomic E-state index is 0.0315. The minimum Gasteiger partial charge on any atom is -0.355 e. The molecule has 0 spiro atoms. The maximum absolute atomic E-state index is 12.8. The Morgan fingerprint density at radius 1 is 1.42 bits per heavy atom. The second-order valence-corrected chi connectivity index (χ2v) is 5.87. The summed E-state index contributed by atoms with van der Waals surface area (Å²) in [4.78, 5) is 26.1. The third-order valence-electron chi connectivity index (χ3n) is 4.17. The number of hydrogen-bond donors (Lipinski definition) is 1. The molecule has 2 atom stereocenters. The van der Waals surface area contributed by atoms with Gasteiger partial charge in [-0.2, -0.15) is 0 Å². The summed E-state index contributed by atoms with van der Waals surface area (Å²) in [6, 6.07) is 8.18. The van der Waals surface area contributed by atoms with Crippen LogP contribution in [0.1, 0.15) is 25.8 Å². The van der Waals surface area contributed by atoms with Crippen molar-refractivity contribution in [3.05, 3.63) is 29.8 Å². The second kappa shape index (κ2) is 4.08. The van der Waals surface area contributed by atoms with Crippen molar-refractivity contribution in [1.29, 1.82) is 0 Å². The molecule has 100 valence electrons. The molecule has 4 nitrogen and oxygen atoms in total. The molecule has 1 fully saturated rings. The molecule has 19 heavy (non-hydrogen) atoms. The van der Waals surface area contributed by atoms with Gasteiger partial charge in [0.1, 0.15) is 0 Å². The molecule has 1 aromatic carbocycles. The van der Waals surface area contributed by atoms with E-state index >= 15 is 0 Å². The lowest BCUT2D eigenvalue weighted by Crippen LogP contribution is -2.46. The molecule has 0 aromatic heterocycles. The largest absolute Gasteiger partial charge is 0.355 e. The first-order valence-electron chi connectivity index (χ1n) is 6.69. The van der Waals surface area contributed by atoms with Gasteiger partial charge in [0.05, 0.1) is 5.41 Å². The van der Waals surface area contributed by atoms with E-state index in [1.54, 1.807) is 0 Å². The summed E-state index contributed by atoms with van der Waals surface area (Å²) in [6.07, 6.45) is 1.18. The first-order chi connectivity index (χ1) is 9.01. The second-order valence-electron chi connectivity index (χ2n) is 5.87. The molecule has 0 saturated carbocycles. The molecule has 2 aliphatic rings. The predicted octanol–water partition coefficient (Wildman–Crippen LogP) is 1.49. The maximum Gasteiger partial charge on any atom is 0.235 e. The molecule has 2 amide bonds. The molecule has 0 bridgehead atoms. The fraction of sp³-hybridized carbons (Fsp3) is 0.467. The van der Waals surface area contributed by atoms with Crippen LogP contribution in [-0.2, 0) is 16.0 Å². The molecule has 1 saturated heterocycles. The van der Waals surface area contributed by atoms with Gasteiger partial charge < -0.3 is 10.2 Å². The molecule has 2 aliphatic heterocycles. The third kappa shape index (κ3) is 1.82. The lowest BCUT2D eigenvalue weighted by atomic mass is 9.87. The third-order valence-corrected chi connectivity index (χ3v) is 4.17. The highest BCUT2D eigenvalue weighted by atomic mass is 16.2. The fourth-order valence-electron chi connectivity index (χ4n) is 3.09. The SMILES string of the molecule is CC1Cc2ccccc2N1C(=O)C1(C)CNC(=O)C1. The van der Waals surface area contributed by atoms with Gasteiger partial charge in [0.2, 0.25) is 11.8 Å². The van der Waals surface area contributed by atoms with Gasteiger partial charge >= 0.3 is 0 Å². The predicted molar refractivity (Wildman–Crippen MR) is 72.8 cm³/mol. The molecule has 0 aliphatic carbocycles. The molecule has 4 heteroatoms. The Morgan fingerprint density at radius 2 is 2.16 bits per heavy atom. The molecule has 2 heterocycles. The monoisotopic (exact) mass is 258 g/mol. The van der Waals surface area contributed by atoms with Crippen molar-refractivity contribution >= 4 is 17.5 Å². The Kier molecular flexibility index (Phi) is 2.62. The summed E-state index contributed by atoms with van der Waals surface area (Å²) in [7, 11) is 0. The number of carbonyl (C=O) groups excluding carboxylic acids is 2. The number of para-hydroxylation sites is 1. The Balaban J connectivity index is 1.94. The highest BCUT2D eigenvalue weighted by molar-refractivity contribution is 6.03. The average Bonchev–Trinajstić information content (AvgIpc) is 2.89. The van der Waals surface area contributed by atoms with Crippen LogP contribution in [0.4, 0.5) is 5.69 Å². The van der Waals surface area contributed by atoms with Crippen LogP contribution in [-0.4, -0.2) is 24.4 Å². The van der Waals surface area contributed by atoms with Crippen LogP contribution in [0.5, 0.6) is 0 Å². The number of nitrogens with zero attached hydrogens (tertiary/aromatic N) is 1. The van der Waals surface area contributed by atoms with Crippen LogP contribution in [0, 0.1) is 5.41 Å². The quantitative estimate of drug-likeness (QED) is 0.829. The highest BCUT2D eigenvalue weighted by Gasteiger charge is 2.46. The van der Waals surface area contributed by atoms with Gasteiger partial charge in [-0.25, -0.2) is 0 Å². The number of benzene rings is 1. The number of nitrogens with one attached hydrogen (secondary N) is 1. The first kappa shape index (κ1) is 12.2. The summed E-state index contributed by atoms with van der Waals surface area (Å²) in [5, 5.41) is 2.77. The Bertz CT molecular complexity index is 555. The van der Waals surface area contributed by atoms with Gasteiger partial charge in [0.15, 0.2) is 0 Å². The topological polar surface area (TPSA) is 49.4 Å². The van der Waals surface area contributed by atoms with E-state index in [1.165, 1.54) is 5.56 Å². The molecular formula is C15H18N2O2. The van der Waals surface area contributed by atoms with E-state index < -0.39 is 5.41 Å². The van der Waals surface area contributed by atoms with Gasteiger partial charge in [-0.15, -0.1) is 0 Å². The van der Waals surface area contributed by atoms with Crippen LogP contribution >= 0.6 is 0 Å². The summed E-state index contributed by atoms with van der Waals surface area (Å²) in [5.74, 6) is 0.0271. The summed E-state index contributed by atoms with van der Waals surface area (Å²) >= 11 is 0. The van der Waals surface area contributed by atoms with Gasteiger partial charge in [0.25, 0.3) is 0 Å². The Labute approximate surface area is 112 Å². The number of anilines is 1. The van der Waals surface area contributed by atoms with Gasteiger partial charge in [-0.1, -0.05) is 18.2 Å². The van der Waals surface area contributed by atoms with Crippen LogP contribution in [0.15, 0.2) is 24.3 Å². The van der Waals surface area contributed by atoms with E-state index in [1.807, 2.05) is 30.0 Å². The van der Waals surface area contributed by atoms with Crippen molar-refractivity contribution in [2.75, 3.05) is 11.4 Å². The summed E-state index contributed by atoms with van der Waals surface area (Å²) < 4.78 is 0. The van der Waals surface area contributed by atoms with E-state index in [9.17, 15) is 9.59 Å². The molecular weight excluding hydrogens is 240 g/mol. The number of rotatable bonds is 1. The van der Waals surface area contributed by atoms with Gasteiger partial charge in [-0.3, -0.25) is 9.59 Å². The van der Waals surface area contributed by atoms with Crippen molar-refractivity contribution in [2.45, 2.75) is 32.7 Å². The van der Waals surface area contributed by atoms with Gasteiger partial charge in [-0.05, 0) is 31.9 Å². The summed E-state index contributed by atoms with van der Waals surface area (Å²) in [5.41, 5.74) is 1.60. The number of hydrogen-bond acceptors (Lipinski definition) is 2. The van der Waals surface area contributed by atoms with E-state index in [2.05, 4.69) is 18.3 Å². The van der Waals surface area contributed by atoms with E-state index in [4.69, 9.17) is 0 Å². The zero-order valence-electron chi connectivity index (χ0n) is 11.3. The van der Waals surface area contributed by atoms with Crippen LogP contribution in [0.2, 0.25) is 0 Å². The van der Waals surface area contributed by atoms with Crippen molar-refractivity contribution in [2.24, 2.45) is 5.41 Å². The lowest BCUT2D eigenvalue weighted by Gasteiger charge is -2.31. The zero-order valence-corrected chi connectivity index (χ0v) is 11.3. The van der Waals surface area contributed by atoms with Gasteiger partial charge in [0, 0.05) is 24.7 Å². The molecule has 0 radical (unpaired) electrons. The van der Waals surface area contributed by atoms with Crippen LogP contribution < -0.4 is 10.2 Å². The zero-order chi connectivity index (χ0) is 13.6. The Hall–Kier alpha value is -1.84. The van der Waals surface area contributed by atoms with Crippen LogP contribution in [0.3, 0.4) is 0 Å². The van der Waals surface area contributed by atoms with Crippen molar-refractivity contribution in [1.82, 2.24) is 5.32 Å². The van der Waals surface area contributed by atoms with E-state index in [0.29, 0.717) is 6.54 Å². The fourth-order valence-corrected chi connectivity index (χ4v) is 3.09. The van der Waals surface area contributed by atoms with E-state index in [0.717, 1.165) is 12.1 Å². The first-order valence-corrected chi connectivity index (χ1v) is 6.69. The van der Waals surface area contributed by atoms with Crippen LogP contribution in [0.25, 0.3) is 0 Å². The normalized spacial score (nSPS) is 29.3. The standard InChI is InChI=1S/C15H18N2O2/c1-10-7-11-5-3-4-6-12(11)17(10)14(19)15(2)8-13(18)16-9-15/h3-6,10H,7-9H2,1-2H3,(H,16,18). The van der Waals surface area contributed by atoms with Crippen molar-refractivity contribution < 1.29 is 9.59 Å². The summed E-state index contributed by atoms with van der Waals surface area (Å²) in [6.45, 7) is 4.38. The molecule has 3 rings (SSSR count). The average molecular weight is 258 g/mol. The van der Waals surface area contributed by atoms with E-state index in [-0.39, 0.29) is 24.3 Å². The number of carbonyl (C=O) groups is 2. The molecule has 2 unspecified atom stereocenters. The molecule has 1 aromatic rings. The minimum atomic E-state index is -0.608. The maximum atomic E-state index is 12.8. The Morgan fingerprint density at radius 3 is 2.84 bits per heavy atom.